The van der Waals surface area contributed by atoms with Gasteiger partial charge in [-0.25, -0.2) is 45.3 Å². The van der Waals surface area contributed by atoms with Gasteiger partial charge in [-0.1, -0.05) is 97.9 Å². The molecule has 4 aromatic heterocycles. The Balaban J connectivity index is 0.923. The van der Waals surface area contributed by atoms with Gasteiger partial charge in [0.15, 0.2) is 58.8 Å². The van der Waals surface area contributed by atoms with E-state index >= 15 is 8.78 Å². The summed E-state index contributed by atoms with van der Waals surface area (Å²) < 4.78 is 88.9. The van der Waals surface area contributed by atoms with E-state index in [9.17, 15) is 9.59 Å². The van der Waals surface area contributed by atoms with Crippen molar-refractivity contribution in [3.63, 3.8) is 0 Å². The molecule has 2 amide bonds. The Kier molecular flexibility index (Phi) is 17.0. The van der Waals surface area contributed by atoms with Crippen molar-refractivity contribution in [1.82, 2.24) is 39.0 Å². The first-order valence-corrected chi connectivity index (χ1v) is 27.5. The fraction of sp³-hybridized carbons (Fsp3) is 0.271. The number of nitrogens with zero attached hydrogens (tertiary/aromatic N) is 9. The molecule has 0 aliphatic carbocycles. The molecule has 9 atom stereocenters. The number of imidazole rings is 2. The van der Waals surface area contributed by atoms with Gasteiger partial charge in [0.25, 0.3) is 11.8 Å². The van der Waals surface area contributed by atoms with Crippen molar-refractivity contribution < 1.29 is 55.6 Å². The van der Waals surface area contributed by atoms with Crippen LogP contribution < -0.4 is 20.1 Å². The van der Waals surface area contributed by atoms with Crippen LogP contribution in [0.5, 0.6) is 11.5 Å². The van der Waals surface area contributed by atoms with Crippen LogP contribution in [-0.2, 0) is 33.4 Å². The molecule has 2 fully saturated rings. The summed E-state index contributed by atoms with van der Waals surface area (Å²) in [5.74, 6) is 0.454. The number of halogens is 2. The second kappa shape index (κ2) is 25.2. The number of alkyl halides is 2. The van der Waals surface area contributed by atoms with Crippen LogP contribution in [0, 0.1) is 6.57 Å². The van der Waals surface area contributed by atoms with Crippen LogP contribution in [0.2, 0.25) is 0 Å². The Hall–Kier alpha value is -8.72. The Morgan fingerprint density at radius 2 is 1.12 bits per heavy atom. The highest BCUT2D eigenvalue weighted by atomic mass is 31.2. The number of hydrogen-bond donors (Lipinski definition) is 2. The normalized spacial score (nSPS) is 20.9. The number of methoxy groups -OCH3 is 2. The van der Waals surface area contributed by atoms with Crippen LogP contribution >= 0.6 is 8.60 Å². The van der Waals surface area contributed by atoms with Gasteiger partial charge in [0.2, 0.25) is 6.54 Å². The van der Waals surface area contributed by atoms with Crippen LogP contribution in [-0.4, -0.2) is 122 Å². The molecule has 0 bridgehead atoms. The molecule has 6 heterocycles. The smallest absolute Gasteiger partial charge is 0.333 e. The first kappa shape index (κ1) is 56.2. The molecule has 11 rings (SSSR count). The van der Waals surface area contributed by atoms with E-state index in [1.807, 2.05) is 54.6 Å². The number of anilines is 2. The zero-order valence-electron chi connectivity index (χ0n) is 44.8. The van der Waals surface area contributed by atoms with Crippen LogP contribution in [0.25, 0.3) is 27.2 Å². The molecule has 424 valence electrons. The minimum atomic E-state index is -2.56. The van der Waals surface area contributed by atoms with E-state index in [1.54, 1.807) is 106 Å². The van der Waals surface area contributed by atoms with E-state index < -0.39 is 81.8 Å². The van der Waals surface area contributed by atoms with E-state index in [2.05, 4.69) is 45.4 Å². The lowest BCUT2D eigenvalue weighted by molar-refractivity contribution is -0.115. The summed E-state index contributed by atoms with van der Waals surface area (Å²) in [6.45, 7) is 8.46. The highest BCUT2D eigenvalue weighted by Gasteiger charge is 2.54. The van der Waals surface area contributed by atoms with Crippen molar-refractivity contribution in [2.45, 2.75) is 68.2 Å². The summed E-state index contributed by atoms with van der Waals surface area (Å²) in [6.07, 6.45) is -6.20. The minimum Gasteiger partial charge on any atom is -0.497 e. The maximum absolute atomic E-state index is 18.4. The van der Waals surface area contributed by atoms with E-state index in [-0.39, 0.29) is 53.5 Å². The number of hydrogen-bond acceptors (Lipinski definition) is 16. The van der Waals surface area contributed by atoms with Gasteiger partial charge in [-0.2, -0.15) is 0 Å². The molecule has 0 spiro atoms. The van der Waals surface area contributed by atoms with Crippen molar-refractivity contribution in [2.75, 3.05) is 44.6 Å². The third-order valence-corrected chi connectivity index (χ3v) is 15.3. The molecule has 0 radical (unpaired) electrons. The molecular formula is C59H54F2N11O10P. The van der Waals surface area contributed by atoms with E-state index in [0.29, 0.717) is 39.3 Å². The highest BCUT2D eigenvalue weighted by Crippen LogP contribution is 2.51. The number of benzene rings is 5. The van der Waals surface area contributed by atoms with Crippen molar-refractivity contribution in [3.8, 4) is 11.5 Å². The number of amides is 2. The zero-order valence-corrected chi connectivity index (χ0v) is 45.7. The first-order chi connectivity index (χ1) is 40.6. The lowest BCUT2D eigenvalue weighted by Crippen LogP contribution is -2.43. The van der Waals surface area contributed by atoms with Gasteiger partial charge in [-0.15, -0.1) is 0 Å². The fourth-order valence-corrected chi connectivity index (χ4v) is 11.2. The van der Waals surface area contributed by atoms with E-state index in [1.165, 1.54) is 34.4 Å². The molecule has 0 saturated carbocycles. The number of rotatable bonds is 22. The lowest BCUT2D eigenvalue weighted by Gasteiger charge is -2.39. The number of aromatic nitrogens is 8. The molecule has 2 aliphatic heterocycles. The first-order valence-electron chi connectivity index (χ1n) is 26.4. The summed E-state index contributed by atoms with van der Waals surface area (Å²) in [5.41, 5.74) is 1.74. The fourth-order valence-electron chi connectivity index (χ4n) is 10.1. The molecule has 9 aromatic rings. The van der Waals surface area contributed by atoms with E-state index in [4.69, 9.17) is 43.8 Å². The molecule has 2 saturated heterocycles. The number of fused-ring (bicyclic) bond motifs is 2. The van der Waals surface area contributed by atoms with Crippen molar-refractivity contribution in [1.29, 1.82) is 0 Å². The van der Waals surface area contributed by atoms with Crippen LogP contribution in [0.3, 0.4) is 0 Å². The summed E-state index contributed by atoms with van der Waals surface area (Å²) in [5, 5.41) is 5.58. The van der Waals surface area contributed by atoms with Crippen LogP contribution in [0.15, 0.2) is 165 Å². The Morgan fingerprint density at radius 3 is 1.63 bits per heavy atom. The van der Waals surface area contributed by atoms with Gasteiger partial charge in [0, 0.05) is 11.1 Å². The predicted molar refractivity (Wildman–Crippen MR) is 300 cm³/mol. The SMILES string of the molecule is [C-]#[N+]CCOP(OCC1OC(n2cnc3c(NC(=O)c4ccccc4)ncnc32)C(OC(c2ccccc2)(c2ccc(OC)cc2)c2ccc(OC)cc2)C1F)O[C@@H]1C(F)[C@H](n2cnc3c(NC(=O)c4ccccc4)ncnc32)O[C@@H]1CC. The maximum Gasteiger partial charge on any atom is 0.333 e. The Bertz CT molecular complexity index is 3670. The van der Waals surface area contributed by atoms with Gasteiger partial charge in [0.1, 0.15) is 54.7 Å². The average Bonchev–Trinajstić information content (AvgIpc) is 4.54. The molecular weight excluding hydrogens is 1090 g/mol. The van der Waals surface area contributed by atoms with Crippen molar-refractivity contribution in [2.24, 2.45) is 0 Å². The van der Waals surface area contributed by atoms with Crippen molar-refractivity contribution in [3.05, 3.63) is 204 Å². The molecule has 24 heteroatoms. The summed E-state index contributed by atoms with van der Waals surface area (Å²) >= 11 is 0. The van der Waals surface area contributed by atoms with Gasteiger partial charge in [-0.05, 0) is 71.6 Å². The second-order valence-corrected chi connectivity index (χ2v) is 20.2. The van der Waals surface area contributed by atoms with Crippen molar-refractivity contribution >= 4 is 54.4 Å². The highest BCUT2D eigenvalue weighted by molar-refractivity contribution is 7.41. The standard InChI is InChI=1S/C59H54F2N11O10P/c1-5-43-49(46(61)57(79-43)71-34-67-47-51(63-32-65-53(47)71)69-55(73)36-15-9-6-10-16-36)82-83(77-30-29-62-2)78-31-44-45(60)50(58(80-44)72-35-68-48-52(64-33-66-54(48)72)70-56(74)37-17-11-7-12-18-37)81-59(38-19-13-8-14-20-38,39-21-25-41(75-3)26-22-39)40-23-27-42(76-4)28-24-40/h6-28,32-35,43-46,49-50,57-58H,5,29-31H2,1,3-4H3,(H,63,65,69,73)(H,64,66,70,74)/t43-,44?,45?,46?,49+,50?,57-,58?,83?/m1/s1. The molecule has 83 heavy (non-hydrogen) atoms. The second-order valence-electron chi connectivity index (χ2n) is 19.1. The summed E-state index contributed by atoms with van der Waals surface area (Å²) in [6, 6.07) is 41.0. The van der Waals surface area contributed by atoms with E-state index in [0.717, 1.165) is 0 Å². The predicted octanol–water partition coefficient (Wildman–Crippen LogP) is 10.0. The van der Waals surface area contributed by atoms with Crippen LogP contribution in [0.1, 0.15) is 63.2 Å². The Morgan fingerprint density at radius 1 is 0.627 bits per heavy atom. The molecule has 2 N–H and O–H groups in total. The quantitative estimate of drug-likeness (QED) is 0.0279. The number of nitrogens with one attached hydrogen (secondary N) is 2. The number of carbonyl (C=O) groups is 2. The van der Waals surface area contributed by atoms with Gasteiger partial charge >= 0.3 is 8.60 Å². The molecule has 2 aliphatic rings. The summed E-state index contributed by atoms with van der Waals surface area (Å²) in [4.78, 5) is 56.6. The zero-order chi connectivity index (χ0) is 57.5. The maximum atomic E-state index is 18.4. The number of ether oxygens (including phenoxy) is 5. The summed E-state index contributed by atoms with van der Waals surface area (Å²) in [7, 11) is 0.558. The van der Waals surface area contributed by atoms with Gasteiger partial charge in [-0.3, -0.25) is 18.7 Å². The van der Waals surface area contributed by atoms with Crippen LogP contribution in [0.4, 0.5) is 20.4 Å². The number of carbonyl (C=O) groups excluding carboxylic acids is 2. The lowest BCUT2D eigenvalue weighted by atomic mass is 9.79. The topological polar surface area (TPSA) is 224 Å². The Labute approximate surface area is 475 Å². The molecule has 21 nitrogen and oxygen atoms in total. The third kappa shape index (κ3) is 11.5. The van der Waals surface area contributed by atoms with Gasteiger partial charge < -0.3 is 52.7 Å². The third-order valence-electron chi connectivity index (χ3n) is 14.2. The molecule has 5 aromatic carbocycles. The monoisotopic (exact) mass is 1150 g/mol. The average molecular weight is 1150 g/mol. The minimum absolute atomic E-state index is 0.0884. The van der Waals surface area contributed by atoms with Gasteiger partial charge in [0.05, 0.1) is 39.6 Å². The molecule has 6 unspecified atom stereocenters. The largest absolute Gasteiger partial charge is 0.497 e.